The van der Waals surface area contributed by atoms with Gasteiger partial charge in [0.25, 0.3) is 0 Å². The van der Waals surface area contributed by atoms with Crippen molar-refractivity contribution >= 4 is 28.6 Å². The Hall–Kier alpha value is -1.99. The van der Waals surface area contributed by atoms with E-state index in [1.54, 1.807) is 11.3 Å². The van der Waals surface area contributed by atoms with E-state index in [-0.39, 0.29) is 5.56 Å². The van der Waals surface area contributed by atoms with Gasteiger partial charge in [-0.15, -0.1) is 22.7 Å². The number of aromatic carboxylic acids is 1. The predicted octanol–water partition coefficient (Wildman–Crippen LogP) is 3.53. The molecule has 0 saturated carbocycles. The van der Waals surface area contributed by atoms with Gasteiger partial charge in [-0.2, -0.15) is 0 Å². The largest absolute Gasteiger partial charge is 0.478 e. The van der Waals surface area contributed by atoms with E-state index >= 15 is 0 Å². The van der Waals surface area contributed by atoms with Crippen LogP contribution in [0.5, 0.6) is 0 Å². The fourth-order valence-corrected chi connectivity index (χ4v) is 2.99. The summed E-state index contributed by atoms with van der Waals surface area (Å²) in [6.45, 7) is 1.94. The van der Waals surface area contributed by atoms with Crippen LogP contribution in [0.4, 0.5) is 0 Å². The maximum Gasteiger partial charge on any atom is 0.338 e. The van der Waals surface area contributed by atoms with Crippen LogP contribution in [0.25, 0.3) is 22.2 Å². The fraction of sp³-hybridized carbons (Fsp3) is 0.0833. The van der Waals surface area contributed by atoms with Gasteiger partial charge in [0.2, 0.25) is 0 Å². The predicted molar refractivity (Wildman–Crippen MR) is 72.6 cm³/mol. The highest BCUT2D eigenvalue weighted by Crippen LogP contribution is 2.30. The van der Waals surface area contributed by atoms with E-state index in [9.17, 15) is 4.79 Å². The minimum absolute atomic E-state index is 0.119. The number of carboxylic acids is 1. The first-order valence-corrected chi connectivity index (χ1v) is 7.09. The maximum atomic E-state index is 10.8. The molecule has 0 saturated heterocycles. The van der Waals surface area contributed by atoms with E-state index in [1.165, 1.54) is 23.7 Å². The van der Waals surface area contributed by atoms with Crippen LogP contribution in [0.3, 0.4) is 0 Å². The van der Waals surface area contributed by atoms with Crippen LogP contribution >= 0.6 is 22.7 Å². The number of aromatic nitrogens is 2. The molecular formula is C12H8N2O3S2. The molecule has 0 radical (unpaired) electrons. The summed E-state index contributed by atoms with van der Waals surface area (Å²) >= 11 is 3.02. The van der Waals surface area contributed by atoms with Crippen LogP contribution in [0, 0.1) is 6.92 Å². The third kappa shape index (κ3) is 2.29. The van der Waals surface area contributed by atoms with Crippen molar-refractivity contribution < 1.29 is 14.3 Å². The Labute approximate surface area is 116 Å². The average Bonchev–Trinajstić information content (AvgIpc) is 3.07. The topological polar surface area (TPSA) is 76.2 Å². The lowest BCUT2D eigenvalue weighted by atomic mass is 10.3. The van der Waals surface area contributed by atoms with Crippen molar-refractivity contribution in [3.63, 3.8) is 0 Å². The molecule has 3 aromatic rings. The van der Waals surface area contributed by atoms with E-state index in [4.69, 9.17) is 9.52 Å². The van der Waals surface area contributed by atoms with Gasteiger partial charge in [-0.05, 0) is 6.92 Å². The van der Waals surface area contributed by atoms with Crippen LogP contribution in [0.2, 0.25) is 0 Å². The first kappa shape index (κ1) is 12.1. The summed E-state index contributed by atoms with van der Waals surface area (Å²) in [6.07, 6.45) is 1.21. The molecule has 3 heterocycles. The van der Waals surface area contributed by atoms with E-state index in [1.807, 2.05) is 17.7 Å². The Kier molecular flexibility index (Phi) is 2.92. The summed E-state index contributed by atoms with van der Waals surface area (Å²) in [6, 6.07) is 1.47. The number of carboxylic acid groups (broad SMARTS) is 1. The monoisotopic (exact) mass is 292 g/mol. The van der Waals surface area contributed by atoms with E-state index in [2.05, 4.69) is 9.97 Å². The van der Waals surface area contributed by atoms with Crippen molar-refractivity contribution in [1.82, 2.24) is 9.97 Å². The molecule has 0 aliphatic rings. The highest BCUT2D eigenvalue weighted by Gasteiger charge is 2.14. The second-order valence-corrected chi connectivity index (χ2v) is 5.71. The van der Waals surface area contributed by atoms with E-state index in [0.29, 0.717) is 11.5 Å². The molecule has 0 bridgehead atoms. The fourth-order valence-electron chi connectivity index (χ4n) is 1.55. The Morgan fingerprint density at radius 2 is 2.05 bits per heavy atom. The minimum atomic E-state index is -1.01. The molecule has 0 unspecified atom stereocenters. The molecule has 19 heavy (non-hydrogen) atoms. The Bertz CT molecular complexity index is 742. The maximum absolute atomic E-state index is 10.8. The third-order valence-electron chi connectivity index (χ3n) is 2.44. The van der Waals surface area contributed by atoms with Gasteiger partial charge in [0.15, 0.2) is 5.76 Å². The highest BCUT2D eigenvalue weighted by molar-refractivity contribution is 7.14. The zero-order valence-corrected chi connectivity index (χ0v) is 11.4. The number of rotatable bonds is 3. The quantitative estimate of drug-likeness (QED) is 0.799. The second-order valence-electron chi connectivity index (χ2n) is 3.79. The minimum Gasteiger partial charge on any atom is -0.478 e. The smallest absolute Gasteiger partial charge is 0.338 e. The number of carbonyl (C=O) groups is 1. The normalized spacial score (nSPS) is 10.8. The first-order chi connectivity index (χ1) is 9.13. The summed E-state index contributed by atoms with van der Waals surface area (Å²) in [5.74, 6) is -0.563. The number of aryl methyl sites for hydroxylation is 1. The van der Waals surface area contributed by atoms with E-state index < -0.39 is 5.97 Å². The molecule has 0 spiro atoms. The molecule has 1 N–H and O–H groups in total. The van der Waals surface area contributed by atoms with Gasteiger partial charge in [-0.3, -0.25) is 0 Å². The lowest BCUT2D eigenvalue weighted by Crippen LogP contribution is -1.91. The van der Waals surface area contributed by atoms with Gasteiger partial charge in [0.1, 0.15) is 22.7 Å². The number of hydrogen-bond acceptors (Lipinski definition) is 6. The lowest BCUT2D eigenvalue weighted by molar-refractivity contribution is 0.0696. The van der Waals surface area contributed by atoms with Crippen LogP contribution in [-0.2, 0) is 0 Å². The molecule has 7 heteroatoms. The molecule has 0 atom stereocenters. The van der Waals surface area contributed by atoms with Crippen molar-refractivity contribution in [2.45, 2.75) is 6.92 Å². The number of hydrogen-bond donors (Lipinski definition) is 1. The van der Waals surface area contributed by atoms with Gasteiger partial charge in [0, 0.05) is 16.8 Å². The lowest BCUT2D eigenvalue weighted by Gasteiger charge is -1.88. The molecule has 3 aromatic heterocycles. The molecule has 96 valence electrons. The first-order valence-electron chi connectivity index (χ1n) is 5.34. The SMILES string of the molecule is Cc1nc(-c2nc(-c3cc(C(=O)O)co3)cs2)cs1. The Morgan fingerprint density at radius 1 is 1.26 bits per heavy atom. The zero-order valence-electron chi connectivity index (χ0n) is 9.78. The molecule has 0 fully saturated rings. The molecule has 3 rings (SSSR count). The summed E-state index contributed by atoms with van der Waals surface area (Å²) in [5, 5.41) is 14.4. The summed E-state index contributed by atoms with van der Waals surface area (Å²) in [5.41, 5.74) is 1.58. The second kappa shape index (κ2) is 4.60. The van der Waals surface area contributed by atoms with Crippen molar-refractivity contribution in [3.05, 3.63) is 33.7 Å². The number of furan rings is 1. The standard InChI is InChI=1S/C12H8N2O3S2/c1-6-13-9(5-18-6)11-14-8(4-19-11)10-2-7(3-17-10)12(15)16/h2-5H,1H3,(H,15,16). The van der Waals surface area contributed by atoms with Gasteiger partial charge >= 0.3 is 5.97 Å². The van der Waals surface area contributed by atoms with Crippen LogP contribution in [0.15, 0.2) is 27.5 Å². The molecular weight excluding hydrogens is 284 g/mol. The summed E-state index contributed by atoms with van der Waals surface area (Å²) in [4.78, 5) is 19.6. The van der Waals surface area contributed by atoms with Crippen LogP contribution in [0.1, 0.15) is 15.4 Å². The highest BCUT2D eigenvalue weighted by atomic mass is 32.1. The molecule has 5 nitrogen and oxygen atoms in total. The summed E-state index contributed by atoms with van der Waals surface area (Å²) < 4.78 is 5.21. The van der Waals surface area contributed by atoms with Crippen LogP contribution in [-0.4, -0.2) is 21.0 Å². The van der Waals surface area contributed by atoms with Crippen molar-refractivity contribution in [3.8, 4) is 22.2 Å². The molecule has 0 aromatic carbocycles. The van der Waals surface area contributed by atoms with Gasteiger partial charge in [-0.25, -0.2) is 14.8 Å². The van der Waals surface area contributed by atoms with Gasteiger partial charge in [0.05, 0.1) is 10.6 Å². The molecule has 0 aliphatic heterocycles. The zero-order chi connectivity index (χ0) is 13.4. The van der Waals surface area contributed by atoms with E-state index in [0.717, 1.165) is 15.7 Å². The third-order valence-corrected chi connectivity index (χ3v) is 4.08. The number of nitrogens with zero attached hydrogens (tertiary/aromatic N) is 2. The van der Waals surface area contributed by atoms with Crippen LogP contribution < -0.4 is 0 Å². The number of thiazole rings is 2. The average molecular weight is 292 g/mol. The van der Waals surface area contributed by atoms with Crippen molar-refractivity contribution in [1.29, 1.82) is 0 Å². The summed E-state index contributed by atoms with van der Waals surface area (Å²) in [7, 11) is 0. The molecule has 0 amide bonds. The van der Waals surface area contributed by atoms with Crippen molar-refractivity contribution in [2.24, 2.45) is 0 Å². The molecule has 0 aliphatic carbocycles. The van der Waals surface area contributed by atoms with Gasteiger partial charge < -0.3 is 9.52 Å². The van der Waals surface area contributed by atoms with Gasteiger partial charge in [-0.1, -0.05) is 0 Å². The van der Waals surface area contributed by atoms with Crippen molar-refractivity contribution in [2.75, 3.05) is 0 Å². The Morgan fingerprint density at radius 3 is 2.68 bits per heavy atom. The Balaban J connectivity index is 1.94.